The van der Waals surface area contributed by atoms with E-state index in [0.29, 0.717) is 6.54 Å². The molecule has 96 valence electrons. The van der Waals surface area contributed by atoms with Crippen LogP contribution in [0.25, 0.3) is 0 Å². The number of nitrogens with one attached hydrogen (secondary N) is 1. The first-order valence-electron chi connectivity index (χ1n) is 5.53. The van der Waals surface area contributed by atoms with Crippen LogP contribution in [-0.4, -0.2) is 29.4 Å². The number of hydrogen-bond donors (Lipinski definition) is 2. The fourth-order valence-corrected chi connectivity index (χ4v) is 1.36. The zero-order valence-corrected chi connectivity index (χ0v) is 10.8. The van der Waals surface area contributed by atoms with Crippen LogP contribution in [0.3, 0.4) is 0 Å². The maximum Gasteiger partial charge on any atom is 0.321 e. The Labute approximate surface area is 103 Å². The normalized spacial score (nSPS) is 11.6. The van der Waals surface area contributed by atoms with Crippen LogP contribution in [0, 0.1) is 0 Å². The van der Waals surface area contributed by atoms with Crippen LogP contribution >= 0.6 is 12.4 Å². The Morgan fingerprint density at radius 1 is 1.25 bits per heavy atom. The van der Waals surface area contributed by atoms with Gasteiger partial charge in [-0.1, -0.05) is 26.2 Å². The quantitative estimate of drug-likeness (QED) is 0.616. The summed E-state index contributed by atoms with van der Waals surface area (Å²) in [5.41, 5.74) is 0. The molecular formula is C11H22ClNO3. The van der Waals surface area contributed by atoms with Gasteiger partial charge >= 0.3 is 5.97 Å². The van der Waals surface area contributed by atoms with Crippen LogP contribution in [0.1, 0.15) is 46.0 Å². The van der Waals surface area contributed by atoms with Crippen molar-refractivity contribution in [3.05, 3.63) is 0 Å². The predicted molar refractivity (Wildman–Crippen MR) is 66.1 cm³/mol. The molecule has 0 bridgehead atoms. The molecule has 0 radical (unpaired) electrons. The van der Waals surface area contributed by atoms with Gasteiger partial charge < -0.3 is 10.4 Å². The monoisotopic (exact) mass is 251 g/mol. The van der Waals surface area contributed by atoms with Crippen molar-refractivity contribution in [1.29, 1.82) is 0 Å². The van der Waals surface area contributed by atoms with Crippen LogP contribution < -0.4 is 5.32 Å². The number of unbranched alkanes of at least 4 members (excludes halogenated alkanes) is 3. The third-order valence-corrected chi connectivity index (χ3v) is 2.21. The standard InChI is InChI=1S/C11H21NO3.ClH/c1-3-4-5-6-7-12-10(11(14)15)8-9(2)13;/h10,12H,3-8H2,1-2H3,(H,14,15);1H. The third kappa shape index (κ3) is 9.93. The first-order chi connectivity index (χ1) is 7.07. The number of carbonyl (C=O) groups excluding carboxylic acids is 1. The number of halogens is 1. The van der Waals surface area contributed by atoms with E-state index in [1.54, 1.807) is 0 Å². The smallest absolute Gasteiger partial charge is 0.321 e. The minimum atomic E-state index is -0.944. The lowest BCUT2D eigenvalue weighted by atomic mass is 10.1. The Balaban J connectivity index is 0. The van der Waals surface area contributed by atoms with E-state index in [4.69, 9.17) is 5.11 Å². The minimum Gasteiger partial charge on any atom is -0.480 e. The molecule has 0 aliphatic rings. The van der Waals surface area contributed by atoms with Gasteiger partial charge in [-0.05, 0) is 19.9 Å². The Hall–Kier alpha value is -0.610. The third-order valence-electron chi connectivity index (χ3n) is 2.21. The lowest BCUT2D eigenvalue weighted by Gasteiger charge is -2.12. The summed E-state index contributed by atoms with van der Waals surface area (Å²) < 4.78 is 0. The van der Waals surface area contributed by atoms with Gasteiger partial charge in [-0.3, -0.25) is 9.59 Å². The van der Waals surface area contributed by atoms with Crippen LogP contribution in [0.4, 0.5) is 0 Å². The van der Waals surface area contributed by atoms with Gasteiger partial charge in [-0.25, -0.2) is 0 Å². The molecule has 1 atom stereocenters. The molecule has 0 heterocycles. The lowest BCUT2D eigenvalue weighted by molar-refractivity contribution is -0.141. The molecule has 0 aliphatic heterocycles. The van der Waals surface area contributed by atoms with Gasteiger partial charge in [0.25, 0.3) is 0 Å². The topological polar surface area (TPSA) is 66.4 Å². The highest BCUT2D eigenvalue weighted by molar-refractivity contribution is 5.85. The van der Waals surface area contributed by atoms with Gasteiger partial charge in [0, 0.05) is 6.42 Å². The van der Waals surface area contributed by atoms with E-state index < -0.39 is 12.0 Å². The minimum absolute atomic E-state index is 0. The molecule has 0 saturated carbocycles. The maximum atomic E-state index is 10.8. The van der Waals surface area contributed by atoms with Gasteiger partial charge in [0.2, 0.25) is 0 Å². The van der Waals surface area contributed by atoms with Crippen molar-refractivity contribution in [1.82, 2.24) is 5.32 Å². The molecule has 2 N–H and O–H groups in total. The number of carboxylic acids is 1. The molecule has 5 heteroatoms. The second kappa shape index (κ2) is 10.9. The summed E-state index contributed by atoms with van der Waals surface area (Å²) in [7, 11) is 0. The molecule has 0 aliphatic carbocycles. The van der Waals surface area contributed by atoms with E-state index in [1.807, 2.05) is 0 Å². The zero-order chi connectivity index (χ0) is 11.7. The summed E-state index contributed by atoms with van der Waals surface area (Å²) >= 11 is 0. The average molecular weight is 252 g/mol. The molecular weight excluding hydrogens is 230 g/mol. The van der Waals surface area contributed by atoms with Crippen LogP contribution in [0.2, 0.25) is 0 Å². The second-order valence-corrected chi connectivity index (χ2v) is 3.81. The number of ketones is 1. The predicted octanol–water partition coefficient (Wildman–Crippen LogP) is 2.01. The van der Waals surface area contributed by atoms with Gasteiger partial charge in [-0.2, -0.15) is 0 Å². The van der Waals surface area contributed by atoms with Gasteiger partial charge in [-0.15, -0.1) is 12.4 Å². The van der Waals surface area contributed by atoms with Crippen molar-refractivity contribution in [2.45, 2.75) is 52.0 Å². The van der Waals surface area contributed by atoms with Gasteiger partial charge in [0.15, 0.2) is 0 Å². The van der Waals surface area contributed by atoms with Crippen molar-refractivity contribution in [2.75, 3.05) is 6.54 Å². The molecule has 16 heavy (non-hydrogen) atoms. The highest BCUT2D eigenvalue weighted by Crippen LogP contribution is 1.99. The number of carboxylic acid groups (broad SMARTS) is 1. The number of carbonyl (C=O) groups is 2. The Kier molecular flexibility index (Phi) is 12.1. The maximum absolute atomic E-state index is 10.8. The fraction of sp³-hybridized carbons (Fsp3) is 0.818. The molecule has 0 aromatic heterocycles. The molecule has 4 nitrogen and oxygen atoms in total. The Morgan fingerprint density at radius 3 is 2.31 bits per heavy atom. The van der Waals surface area contributed by atoms with Crippen molar-refractivity contribution in [2.24, 2.45) is 0 Å². The molecule has 0 fully saturated rings. The van der Waals surface area contributed by atoms with Crippen molar-refractivity contribution < 1.29 is 14.7 Å². The van der Waals surface area contributed by atoms with E-state index in [2.05, 4.69) is 12.2 Å². The summed E-state index contributed by atoms with van der Waals surface area (Å²) in [4.78, 5) is 21.5. The largest absolute Gasteiger partial charge is 0.480 e. The fourth-order valence-electron chi connectivity index (χ4n) is 1.36. The van der Waals surface area contributed by atoms with Crippen molar-refractivity contribution >= 4 is 24.2 Å². The number of hydrogen-bond acceptors (Lipinski definition) is 3. The Morgan fingerprint density at radius 2 is 1.88 bits per heavy atom. The molecule has 0 rings (SSSR count). The first kappa shape index (κ1) is 17.8. The SMILES string of the molecule is CCCCCCNC(CC(C)=O)C(=O)O.Cl. The molecule has 0 amide bonds. The van der Waals surface area contributed by atoms with E-state index in [0.717, 1.165) is 19.3 Å². The van der Waals surface area contributed by atoms with Crippen molar-refractivity contribution in [3.8, 4) is 0 Å². The molecule has 0 spiro atoms. The van der Waals surface area contributed by atoms with Crippen LogP contribution in [0.15, 0.2) is 0 Å². The number of aliphatic carboxylic acids is 1. The van der Waals surface area contributed by atoms with Crippen LogP contribution in [-0.2, 0) is 9.59 Å². The summed E-state index contributed by atoms with van der Waals surface area (Å²) in [6.45, 7) is 4.21. The lowest BCUT2D eigenvalue weighted by Crippen LogP contribution is -2.38. The van der Waals surface area contributed by atoms with Gasteiger partial charge in [0.05, 0.1) is 0 Å². The highest BCUT2D eigenvalue weighted by atomic mass is 35.5. The summed E-state index contributed by atoms with van der Waals surface area (Å²) in [6, 6.07) is -0.718. The van der Waals surface area contributed by atoms with E-state index in [9.17, 15) is 9.59 Å². The molecule has 0 aromatic carbocycles. The summed E-state index contributed by atoms with van der Waals surface area (Å²) in [6.07, 6.45) is 4.48. The van der Waals surface area contributed by atoms with Crippen molar-refractivity contribution in [3.63, 3.8) is 0 Å². The highest BCUT2D eigenvalue weighted by Gasteiger charge is 2.17. The molecule has 0 saturated heterocycles. The zero-order valence-electron chi connectivity index (χ0n) is 9.99. The average Bonchev–Trinajstić information content (AvgIpc) is 2.15. The molecule has 0 aromatic rings. The van der Waals surface area contributed by atoms with E-state index in [1.165, 1.54) is 13.3 Å². The number of rotatable bonds is 9. The van der Waals surface area contributed by atoms with Crippen LogP contribution in [0.5, 0.6) is 0 Å². The summed E-state index contributed by atoms with van der Waals surface area (Å²) in [5, 5.41) is 11.7. The number of Topliss-reactive ketones (excluding diaryl/α,β-unsaturated/α-hetero) is 1. The summed E-state index contributed by atoms with van der Waals surface area (Å²) in [5.74, 6) is -1.04. The molecule has 1 unspecified atom stereocenters. The van der Waals surface area contributed by atoms with E-state index >= 15 is 0 Å². The van der Waals surface area contributed by atoms with Gasteiger partial charge in [0.1, 0.15) is 11.8 Å². The second-order valence-electron chi connectivity index (χ2n) is 3.81. The Bertz CT molecular complexity index is 209. The van der Waals surface area contributed by atoms with E-state index in [-0.39, 0.29) is 24.6 Å². The first-order valence-corrected chi connectivity index (χ1v) is 5.53.